The molecular weight excluding hydrogens is 468 g/mol. The van der Waals surface area contributed by atoms with Crippen LogP contribution in [0.5, 0.6) is 5.75 Å². The molecule has 1 heterocycles. The van der Waals surface area contributed by atoms with Crippen LogP contribution in [-0.4, -0.2) is 30.9 Å². The second-order valence-corrected chi connectivity index (χ2v) is 10.7. The Bertz CT molecular complexity index is 1260. The van der Waals surface area contributed by atoms with Crippen LogP contribution >= 0.6 is 0 Å². The molecular formula is C32H35F2NO2. The van der Waals surface area contributed by atoms with Crippen LogP contribution in [0.2, 0.25) is 0 Å². The van der Waals surface area contributed by atoms with Gasteiger partial charge in [-0.1, -0.05) is 43.3 Å². The zero-order valence-corrected chi connectivity index (χ0v) is 21.7. The number of rotatable bonds is 6. The summed E-state index contributed by atoms with van der Waals surface area (Å²) in [5, 5.41) is 0. The van der Waals surface area contributed by atoms with Gasteiger partial charge in [0.1, 0.15) is 5.75 Å². The number of hydrogen-bond donors (Lipinski definition) is 0. The second-order valence-electron chi connectivity index (χ2n) is 10.7. The highest BCUT2D eigenvalue weighted by atomic mass is 19.2. The first kappa shape index (κ1) is 25.6. The number of benzene rings is 3. The molecule has 1 saturated heterocycles. The lowest BCUT2D eigenvalue weighted by molar-refractivity contribution is 0.0346. The fourth-order valence-corrected chi connectivity index (χ4v) is 6.30. The van der Waals surface area contributed by atoms with Crippen LogP contribution in [0.15, 0.2) is 60.7 Å². The normalized spacial score (nSPS) is 19.5. The molecule has 1 aliphatic heterocycles. The van der Waals surface area contributed by atoms with Crippen LogP contribution < -0.4 is 4.74 Å². The van der Waals surface area contributed by atoms with Crippen LogP contribution in [0.3, 0.4) is 0 Å². The van der Waals surface area contributed by atoms with Crippen molar-refractivity contribution in [2.24, 2.45) is 11.3 Å². The lowest BCUT2D eigenvalue weighted by Gasteiger charge is -2.46. The average molecular weight is 504 g/mol. The van der Waals surface area contributed by atoms with Crippen molar-refractivity contribution in [2.45, 2.75) is 52.0 Å². The van der Waals surface area contributed by atoms with Gasteiger partial charge in [0, 0.05) is 18.0 Å². The number of likely N-dealkylation sites (tertiary alicyclic amines) is 1. The summed E-state index contributed by atoms with van der Waals surface area (Å²) in [7, 11) is 1.66. The van der Waals surface area contributed by atoms with Crippen LogP contribution in [0.25, 0.3) is 0 Å². The van der Waals surface area contributed by atoms with E-state index < -0.39 is 11.6 Å². The molecule has 1 atom stereocenters. The summed E-state index contributed by atoms with van der Waals surface area (Å²) in [6.07, 6.45) is 5.40. The fourth-order valence-electron chi connectivity index (χ4n) is 6.30. The van der Waals surface area contributed by atoms with E-state index in [1.807, 2.05) is 12.1 Å². The van der Waals surface area contributed by atoms with E-state index in [0.29, 0.717) is 13.0 Å². The number of nitrogens with zero attached hydrogens (tertiary/aromatic N) is 1. The van der Waals surface area contributed by atoms with Gasteiger partial charge >= 0.3 is 0 Å². The Morgan fingerprint density at radius 1 is 0.892 bits per heavy atom. The van der Waals surface area contributed by atoms with E-state index in [0.717, 1.165) is 67.6 Å². The van der Waals surface area contributed by atoms with E-state index in [1.165, 1.54) is 23.3 Å². The van der Waals surface area contributed by atoms with Gasteiger partial charge in [-0.15, -0.1) is 0 Å². The number of hydrogen-bond acceptors (Lipinski definition) is 3. The SMILES string of the molecule is CCc1ccc2c(c1)CCC1(CCN(Cc3ccc(F)c(F)c3)CC1)C(Cc1ccc(OC)cc1)C2=O. The van der Waals surface area contributed by atoms with E-state index in [2.05, 4.69) is 42.2 Å². The molecule has 1 fully saturated rings. The molecule has 0 aromatic heterocycles. The molecule has 0 saturated carbocycles. The number of methoxy groups -OCH3 is 1. The Balaban J connectivity index is 1.41. The molecule has 0 amide bonds. The summed E-state index contributed by atoms with van der Waals surface area (Å²) >= 11 is 0. The highest BCUT2D eigenvalue weighted by Crippen LogP contribution is 2.48. The minimum absolute atomic E-state index is 0.0903. The van der Waals surface area contributed by atoms with Gasteiger partial charge in [-0.2, -0.15) is 0 Å². The molecule has 0 radical (unpaired) electrons. The van der Waals surface area contributed by atoms with Gasteiger partial charge in [0.2, 0.25) is 0 Å². The first-order valence-corrected chi connectivity index (χ1v) is 13.4. The lowest BCUT2D eigenvalue weighted by Crippen LogP contribution is -2.46. The van der Waals surface area contributed by atoms with Gasteiger partial charge in [0.25, 0.3) is 0 Å². The Hall–Kier alpha value is -3.05. The summed E-state index contributed by atoms with van der Waals surface area (Å²) in [5.41, 5.74) is 5.18. The van der Waals surface area contributed by atoms with Crippen molar-refractivity contribution < 1.29 is 18.3 Å². The number of carbonyl (C=O) groups excluding carboxylic acids is 1. The van der Waals surface area contributed by atoms with E-state index in [-0.39, 0.29) is 17.1 Å². The standard InChI is InChI=1S/C32H35F2NO2/c1-3-22-6-10-27-25(18-22)12-13-32(28(31(27)36)19-23-4-8-26(37-2)9-5-23)14-16-35(17-15-32)21-24-7-11-29(33)30(34)20-24/h4-11,18,20,28H,3,12-17,19,21H2,1-2H3. The van der Waals surface area contributed by atoms with Crippen molar-refractivity contribution in [2.75, 3.05) is 20.2 Å². The third-order valence-corrected chi connectivity index (χ3v) is 8.63. The molecule has 1 unspecified atom stereocenters. The first-order valence-electron chi connectivity index (χ1n) is 13.4. The van der Waals surface area contributed by atoms with Crippen molar-refractivity contribution in [3.63, 3.8) is 0 Å². The molecule has 37 heavy (non-hydrogen) atoms. The Morgan fingerprint density at radius 3 is 2.27 bits per heavy atom. The molecule has 5 rings (SSSR count). The molecule has 0 bridgehead atoms. The van der Waals surface area contributed by atoms with Gasteiger partial charge in [-0.05, 0) is 104 Å². The van der Waals surface area contributed by atoms with Gasteiger partial charge < -0.3 is 4.74 Å². The number of ether oxygens (including phenoxy) is 1. The number of ketones is 1. The van der Waals surface area contributed by atoms with Gasteiger partial charge in [-0.25, -0.2) is 8.78 Å². The third kappa shape index (κ3) is 5.33. The van der Waals surface area contributed by atoms with E-state index >= 15 is 0 Å². The van der Waals surface area contributed by atoms with Crippen molar-refractivity contribution in [3.05, 3.63) is 100 Å². The summed E-state index contributed by atoms with van der Waals surface area (Å²) in [6.45, 7) is 4.41. The van der Waals surface area contributed by atoms with Crippen molar-refractivity contribution >= 4 is 5.78 Å². The number of halogens is 2. The summed E-state index contributed by atoms with van der Waals surface area (Å²) < 4.78 is 32.5. The van der Waals surface area contributed by atoms with Crippen molar-refractivity contribution in [1.82, 2.24) is 4.90 Å². The zero-order valence-electron chi connectivity index (χ0n) is 21.7. The van der Waals surface area contributed by atoms with E-state index in [4.69, 9.17) is 4.74 Å². The maximum absolute atomic E-state index is 14.2. The number of Topliss-reactive ketones (excluding diaryl/α,β-unsaturated/α-hetero) is 1. The summed E-state index contributed by atoms with van der Waals surface area (Å²) in [4.78, 5) is 16.5. The summed E-state index contributed by atoms with van der Waals surface area (Å²) in [5.74, 6) is -0.636. The number of piperidine rings is 1. The number of carbonyl (C=O) groups is 1. The Kier molecular flexibility index (Phi) is 7.43. The topological polar surface area (TPSA) is 29.5 Å². The molecule has 1 aliphatic carbocycles. The molecule has 1 spiro atoms. The first-order chi connectivity index (χ1) is 17.9. The minimum Gasteiger partial charge on any atom is -0.497 e. The predicted molar refractivity (Wildman–Crippen MR) is 142 cm³/mol. The summed E-state index contributed by atoms with van der Waals surface area (Å²) in [6, 6.07) is 18.6. The largest absolute Gasteiger partial charge is 0.497 e. The van der Waals surface area contributed by atoms with Gasteiger partial charge in [0.05, 0.1) is 7.11 Å². The fraction of sp³-hybridized carbons (Fsp3) is 0.406. The highest BCUT2D eigenvalue weighted by molar-refractivity contribution is 6.00. The average Bonchev–Trinajstić information content (AvgIpc) is 3.03. The lowest BCUT2D eigenvalue weighted by atomic mass is 9.63. The molecule has 2 aliphatic rings. The maximum atomic E-state index is 14.2. The van der Waals surface area contributed by atoms with Crippen LogP contribution in [0, 0.1) is 23.0 Å². The number of fused-ring (bicyclic) bond motifs is 1. The van der Waals surface area contributed by atoms with E-state index in [9.17, 15) is 13.6 Å². The molecule has 3 aromatic rings. The smallest absolute Gasteiger partial charge is 0.167 e. The Labute approximate surface area is 218 Å². The van der Waals surface area contributed by atoms with E-state index in [1.54, 1.807) is 13.2 Å². The maximum Gasteiger partial charge on any atom is 0.167 e. The molecule has 5 heteroatoms. The number of aryl methyl sites for hydroxylation is 2. The predicted octanol–water partition coefficient (Wildman–Crippen LogP) is 6.81. The molecule has 194 valence electrons. The van der Waals surface area contributed by atoms with Crippen molar-refractivity contribution in [1.29, 1.82) is 0 Å². The Morgan fingerprint density at radius 2 is 1.59 bits per heavy atom. The third-order valence-electron chi connectivity index (χ3n) is 8.63. The van der Waals surface area contributed by atoms with Crippen molar-refractivity contribution in [3.8, 4) is 5.75 Å². The molecule has 0 N–H and O–H groups in total. The van der Waals surface area contributed by atoms with Crippen LogP contribution in [-0.2, 0) is 25.8 Å². The molecule has 3 nitrogen and oxygen atoms in total. The quantitative estimate of drug-likeness (QED) is 0.370. The second kappa shape index (κ2) is 10.7. The zero-order chi connectivity index (χ0) is 26.0. The monoisotopic (exact) mass is 503 g/mol. The highest BCUT2D eigenvalue weighted by Gasteiger charge is 2.46. The van der Waals surface area contributed by atoms with Crippen LogP contribution in [0.1, 0.15) is 58.8 Å². The van der Waals surface area contributed by atoms with Crippen LogP contribution in [0.4, 0.5) is 8.78 Å². The van der Waals surface area contributed by atoms with Gasteiger partial charge in [0.15, 0.2) is 17.4 Å². The minimum atomic E-state index is -0.814. The van der Waals surface area contributed by atoms with Gasteiger partial charge in [-0.3, -0.25) is 9.69 Å². The molecule has 3 aromatic carbocycles.